The molecule has 0 aromatic rings. The summed E-state index contributed by atoms with van der Waals surface area (Å²) in [6, 6.07) is 0.153. The fourth-order valence-corrected chi connectivity index (χ4v) is 3.07. The Morgan fingerprint density at radius 2 is 1.84 bits per heavy atom. The minimum absolute atomic E-state index is 0.0211. The van der Waals surface area contributed by atoms with Crippen molar-refractivity contribution in [3.05, 3.63) is 0 Å². The van der Waals surface area contributed by atoms with Crippen molar-refractivity contribution in [2.24, 2.45) is 11.8 Å². The molecule has 2 amide bonds. The summed E-state index contributed by atoms with van der Waals surface area (Å²) in [6.45, 7) is 1.34. The second kappa shape index (κ2) is 6.68. The van der Waals surface area contributed by atoms with Crippen LogP contribution in [0.2, 0.25) is 0 Å². The molecule has 0 aromatic carbocycles. The summed E-state index contributed by atoms with van der Waals surface area (Å²) in [5.74, 6) is 0.228. The Morgan fingerprint density at radius 1 is 1.11 bits per heavy atom. The van der Waals surface area contributed by atoms with Crippen LogP contribution in [0.3, 0.4) is 0 Å². The second-order valence-electron chi connectivity index (χ2n) is 5.68. The van der Waals surface area contributed by atoms with E-state index in [2.05, 4.69) is 5.32 Å². The molecule has 2 unspecified atom stereocenters. The maximum atomic E-state index is 12.2. The monoisotopic (exact) mass is 266 g/mol. The van der Waals surface area contributed by atoms with E-state index in [0.717, 1.165) is 51.2 Å². The zero-order chi connectivity index (χ0) is 13.7. The number of likely N-dealkylation sites (tertiary alicyclic amines) is 1. The first kappa shape index (κ1) is 14.0. The van der Waals surface area contributed by atoms with Gasteiger partial charge in [0.25, 0.3) is 0 Å². The quantitative estimate of drug-likeness (QED) is 0.763. The average molecular weight is 266 g/mol. The van der Waals surface area contributed by atoms with E-state index in [1.807, 2.05) is 0 Å². The lowest BCUT2D eigenvalue weighted by atomic mass is 9.86. The minimum Gasteiger partial charge on any atom is -0.353 e. The third-order valence-electron chi connectivity index (χ3n) is 4.30. The van der Waals surface area contributed by atoms with Crippen molar-refractivity contribution >= 4 is 18.6 Å². The first-order valence-electron chi connectivity index (χ1n) is 7.18. The van der Waals surface area contributed by atoms with Crippen LogP contribution in [0.5, 0.6) is 0 Å². The van der Waals surface area contributed by atoms with Gasteiger partial charge in [-0.2, -0.15) is 0 Å². The zero-order valence-electron chi connectivity index (χ0n) is 11.2. The maximum absolute atomic E-state index is 12.2. The molecule has 106 valence electrons. The van der Waals surface area contributed by atoms with Gasteiger partial charge in [0.1, 0.15) is 6.29 Å². The molecule has 1 aliphatic heterocycles. The number of amides is 2. The van der Waals surface area contributed by atoms with Gasteiger partial charge in [0.2, 0.25) is 12.3 Å². The molecule has 5 nitrogen and oxygen atoms in total. The fraction of sp³-hybridized carbons (Fsp3) is 0.786. The Morgan fingerprint density at radius 3 is 2.47 bits per heavy atom. The molecule has 1 heterocycles. The summed E-state index contributed by atoms with van der Waals surface area (Å²) in [5.41, 5.74) is 0. The Bertz CT molecular complexity index is 338. The smallest absolute Gasteiger partial charge is 0.223 e. The molecule has 1 saturated carbocycles. The highest BCUT2D eigenvalue weighted by molar-refractivity contribution is 5.79. The molecule has 2 aliphatic rings. The lowest BCUT2D eigenvalue weighted by molar-refractivity contribution is -0.130. The summed E-state index contributed by atoms with van der Waals surface area (Å²) < 4.78 is 0. The zero-order valence-corrected chi connectivity index (χ0v) is 11.2. The number of rotatable bonds is 4. The molecule has 0 aromatic heterocycles. The lowest BCUT2D eigenvalue weighted by Gasteiger charge is -2.31. The first-order chi connectivity index (χ1) is 9.22. The van der Waals surface area contributed by atoms with E-state index in [1.165, 1.54) is 0 Å². The molecular weight excluding hydrogens is 244 g/mol. The molecule has 0 radical (unpaired) electrons. The Balaban J connectivity index is 1.77. The van der Waals surface area contributed by atoms with E-state index >= 15 is 0 Å². The molecule has 1 aliphatic carbocycles. The van der Waals surface area contributed by atoms with Gasteiger partial charge in [-0.1, -0.05) is 6.42 Å². The van der Waals surface area contributed by atoms with Crippen molar-refractivity contribution in [3.8, 4) is 0 Å². The molecule has 0 spiro atoms. The van der Waals surface area contributed by atoms with Crippen molar-refractivity contribution in [1.82, 2.24) is 10.2 Å². The summed E-state index contributed by atoms with van der Waals surface area (Å²) in [7, 11) is 0. The molecule has 1 saturated heterocycles. The van der Waals surface area contributed by atoms with E-state index in [9.17, 15) is 14.4 Å². The SMILES string of the molecule is O=CC1CCCC(NC(=O)C2CCN(C=O)CC2)C1. The van der Waals surface area contributed by atoms with Crippen LogP contribution in [0.4, 0.5) is 0 Å². The largest absolute Gasteiger partial charge is 0.353 e. The van der Waals surface area contributed by atoms with Gasteiger partial charge in [-0.05, 0) is 32.1 Å². The highest BCUT2D eigenvalue weighted by Gasteiger charge is 2.28. The number of piperidine rings is 1. The number of aldehydes is 1. The molecule has 2 rings (SSSR count). The molecule has 2 fully saturated rings. The number of nitrogens with one attached hydrogen (secondary N) is 1. The number of nitrogens with zero attached hydrogens (tertiary/aromatic N) is 1. The molecular formula is C14H22N2O3. The molecule has 2 atom stereocenters. The molecule has 5 heteroatoms. The molecule has 19 heavy (non-hydrogen) atoms. The summed E-state index contributed by atoms with van der Waals surface area (Å²) in [4.78, 5) is 35.3. The van der Waals surface area contributed by atoms with E-state index in [0.29, 0.717) is 13.1 Å². The Labute approximate surface area is 113 Å². The molecule has 1 N–H and O–H groups in total. The van der Waals surface area contributed by atoms with Gasteiger partial charge in [-0.3, -0.25) is 9.59 Å². The van der Waals surface area contributed by atoms with E-state index in [4.69, 9.17) is 0 Å². The van der Waals surface area contributed by atoms with Gasteiger partial charge in [-0.15, -0.1) is 0 Å². The van der Waals surface area contributed by atoms with Crippen molar-refractivity contribution in [3.63, 3.8) is 0 Å². The summed E-state index contributed by atoms with van der Waals surface area (Å²) in [5, 5.41) is 3.08. The van der Waals surface area contributed by atoms with Gasteiger partial charge in [0, 0.05) is 31.0 Å². The maximum Gasteiger partial charge on any atom is 0.223 e. The standard InChI is InChI=1S/C14H22N2O3/c17-9-11-2-1-3-13(8-11)15-14(19)12-4-6-16(10-18)7-5-12/h9-13H,1-8H2,(H,15,19). The van der Waals surface area contributed by atoms with E-state index in [-0.39, 0.29) is 23.8 Å². The number of carbonyl (C=O) groups is 3. The fourth-order valence-electron chi connectivity index (χ4n) is 3.07. The van der Waals surface area contributed by atoms with Gasteiger partial charge in [0.15, 0.2) is 0 Å². The minimum atomic E-state index is 0.0211. The highest BCUT2D eigenvalue weighted by atomic mass is 16.2. The van der Waals surface area contributed by atoms with Gasteiger partial charge in [-0.25, -0.2) is 0 Å². The van der Waals surface area contributed by atoms with Gasteiger partial charge in [0.05, 0.1) is 0 Å². The van der Waals surface area contributed by atoms with Gasteiger partial charge < -0.3 is 15.0 Å². The number of hydrogen-bond acceptors (Lipinski definition) is 3. The van der Waals surface area contributed by atoms with Crippen molar-refractivity contribution in [2.75, 3.05) is 13.1 Å². The predicted octanol–water partition coefficient (Wildman–Crippen LogP) is 0.729. The van der Waals surface area contributed by atoms with Crippen LogP contribution in [0, 0.1) is 11.8 Å². The second-order valence-corrected chi connectivity index (χ2v) is 5.68. The van der Waals surface area contributed by atoms with Crippen LogP contribution in [-0.4, -0.2) is 42.6 Å². The summed E-state index contributed by atoms with van der Waals surface area (Å²) >= 11 is 0. The molecule has 0 bridgehead atoms. The Kier molecular flexibility index (Phi) is 4.93. The van der Waals surface area contributed by atoms with Crippen molar-refractivity contribution < 1.29 is 14.4 Å². The van der Waals surface area contributed by atoms with Gasteiger partial charge >= 0.3 is 0 Å². The third-order valence-corrected chi connectivity index (χ3v) is 4.30. The summed E-state index contributed by atoms with van der Waals surface area (Å²) in [6.07, 6.45) is 7.07. The number of carbonyl (C=O) groups excluding carboxylic acids is 3. The number of hydrogen-bond donors (Lipinski definition) is 1. The van der Waals surface area contributed by atoms with E-state index < -0.39 is 0 Å². The van der Waals surface area contributed by atoms with Crippen LogP contribution in [-0.2, 0) is 14.4 Å². The average Bonchev–Trinajstić information content (AvgIpc) is 2.47. The van der Waals surface area contributed by atoms with Crippen LogP contribution in [0.15, 0.2) is 0 Å². The van der Waals surface area contributed by atoms with Crippen LogP contribution in [0.1, 0.15) is 38.5 Å². The van der Waals surface area contributed by atoms with Crippen LogP contribution >= 0.6 is 0 Å². The van der Waals surface area contributed by atoms with Crippen molar-refractivity contribution in [2.45, 2.75) is 44.6 Å². The first-order valence-corrected chi connectivity index (χ1v) is 7.18. The topological polar surface area (TPSA) is 66.5 Å². The lowest BCUT2D eigenvalue weighted by Crippen LogP contribution is -2.45. The van der Waals surface area contributed by atoms with Crippen molar-refractivity contribution in [1.29, 1.82) is 0 Å². The normalized spacial score (nSPS) is 28.7. The third kappa shape index (κ3) is 3.78. The predicted molar refractivity (Wildman–Crippen MR) is 70.3 cm³/mol. The highest BCUT2D eigenvalue weighted by Crippen LogP contribution is 2.24. The van der Waals surface area contributed by atoms with Crippen LogP contribution in [0.25, 0.3) is 0 Å². The van der Waals surface area contributed by atoms with Crippen LogP contribution < -0.4 is 5.32 Å². The Hall–Kier alpha value is -1.39. The van der Waals surface area contributed by atoms with E-state index in [1.54, 1.807) is 4.90 Å².